The monoisotopic (exact) mass is 493 g/mol. The molecule has 0 bridgehead atoms. The molecular formula is C29H26F3NO3. The van der Waals surface area contributed by atoms with Gasteiger partial charge in [-0.3, -0.25) is 4.79 Å². The van der Waals surface area contributed by atoms with E-state index in [1.165, 1.54) is 23.1 Å². The van der Waals surface area contributed by atoms with Crippen molar-refractivity contribution in [3.63, 3.8) is 0 Å². The summed E-state index contributed by atoms with van der Waals surface area (Å²) >= 11 is 0. The third kappa shape index (κ3) is 5.51. The minimum Gasteiger partial charge on any atom is -0.457 e. The summed E-state index contributed by atoms with van der Waals surface area (Å²) in [6, 6.07) is 21.7. The predicted octanol–water partition coefficient (Wildman–Crippen LogP) is 6.55. The van der Waals surface area contributed by atoms with Crippen LogP contribution in [0.25, 0.3) is 0 Å². The van der Waals surface area contributed by atoms with Gasteiger partial charge in [-0.05, 0) is 36.6 Å². The van der Waals surface area contributed by atoms with Gasteiger partial charge in [0.05, 0.1) is 17.7 Å². The smallest absolute Gasteiger partial charge is 0.416 e. The van der Waals surface area contributed by atoms with E-state index in [9.17, 15) is 22.8 Å². The van der Waals surface area contributed by atoms with E-state index in [0.29, 0.717) is 5.70 Å². The van der Waals surface area contributed by atoms with Crippen LogP contribution in [0.2, 0.25) is 0 Å². The number of rotatable bonds is 6. The van der Waals surface area contributed by atoms with E-state index >= 15 is 0 Å². The molecule has 0 saturated heterocycles. The third-order valence-corrected chi connectivity index (χ3v) is 6.36. The lowest BCUT2D eigenvalue weighted by Crippen LogP contribution is -2.38. The van der Waals surface area contributed by atoms with Gasteiger partial charge in [-0.25, -0.2) is 4.79 Å². The third-order valence-electron chi connectivity index (χ3n) is 6.36. The van der Waals surface area contributed by atoms with Crippen molar-refractivity contribution >= 4 is 11.9 Å². The number of carbonyl (C=O) groups excluding carboxylic acids is 2. The lowest BCUT2D eigenvalue weighted by Gasteiger charge is -2.35. The fraction of sp³-hybridized carbons (Fsp3) is 0.241. The summed E-state index contributed by atoms with van der Waals surface area (Å²) in [6.07, 6.45) is -4.91. The minimum absolute atomic E-state index is 0.0317. The predicted molar refractivity (Wildman–Crippen MR) is 129 cm³/mol. The van der Waals surface area contributed by atoms with Crippen molar-refractivity contribution in [2.45, 2.75) is 45.5 Å². The molecule has 1 unspecified atom stereocenters. The first-order valence-corrected chi connectivity index (χ1v) is 11.6. The van der Waals surface area contributed by atoms with E-state index in [1.807, 2.05) is 37.3 Å². The molecule has 1 atom stereocenters. The zero-order chi connectivity index (χ0) is 25.9. The number of benzene rings is 3. The van der Waals surface area contributed by atoms with Gasteiger partial charge in [-0.15, -0.1) is 0 Å². The van der Waals surface area contributed by atoms with Crippen LogP contribution in [-0.4, -0.2) is 16.8 Å². The number of aryl methyl sites for hydroxylation is 1. The topological polar surface area (TPSA) is 46.6 Å². The molecule has 7 heteroatoms. The van der Waals surface area contributed by atoms with Crippen molar-refractivity contribution in [3.05, 3.63) is 118 Å². The molecule has 0 saturated carbocycles. The summed E-state index contributed by atoms with van der Waals surface area (Å²) in [5, 5.41) is 0. The highest BCUT2D eigenvalue weighted by atomic mass is 19.4. The largest absolute Gasteiger partial charge is 0.457 e. The van der Waals surface area contributed by atoms with Gasteiger partial charge in [0.25, 0.3) is 0 Å². The van der Waals surface area contributed by atoms with E-state index in [2.05, 4.69) is 0 Å². The van der Waals surface area contributed by atoms with Crippen LogP contribution in [0.5, 0.6) is 0 Å². The van der Waals surface area contributed by atoms with Crippen LogP contribution in [0, 0.1) is 6.92 Å². The first-order valence-electron chi connectivity index (χ1n) is 11.6. The molecule has 36 heavy (non-hydrogen) atoms. The van der Waals surface area contributed by atoms with Gasteiger partial charge in [-0.1, -0.05) is 78.4 Å². The lowest BCUT2D eigenvalue weighted by atomic mass is 9.81. The molecule has 1 aliphatic rings. The summed E-state index contributed by atoms with van der Waals surface area (Å²) in [7, 11) is 0. The van der Waals surface area contributed by atoms with Crippen LogP contribution in [-0.2, 0) is 33.7 Å². The van der Waals surface area contributed by atoms with Crippen molar-refractivity contribution in [2.24, 2.45) is 0 Å². The van der Waals surface area contributed by atoms with Gasteiger partial charge in [0.1, 0.15) is 6.61 Å². The number of halogens is 3. The Morgan fingerprint density at radius 3 is 2.22 bits per heavy atom. The summed E-state index contributed by atoms with van der Waals surface area (Å²) in [6.45, 7) is 3.71. The Hall–Kier alpha value is -3.87. The van der Waals surface area contributed by atoms with E-state index in [1.54, 1.807) is 31.2 Å². The first kappa shape index (κ1) is 25.2. The SMILES string of the molecule is CC1=C(C(=O)OCc2ccccc2)C(c2ccccc2C(F)(F)F)CC(=O)N1Cc1ccc(C)cc1. The molecule has 186 valence electrons. The first-order chi connectivity index (χ1) is 17.1. The maximum Gasteiger partial charge on any atom is 0.416 e. The number of ether oxygens (including phenoxy) is 1. The Morgan fingerprint density at radius 2 is 1.56 bits per heavy atom. The molecule has 0 aromatic heterocycles. The second-order valence-corrected chi connectivity index (χ2v) is 8.87. The van der Waals surface area contributed by atoms with Crippen molar-refractivity contribution in [3.8, 4) is 0 Å². The highest BCUT2D eigenvalue weighted by Gasteiger charge is 2.42. The zero-order valence-electron chi connectivity index (χ0n) is 20.0. The maximum atomic E-state index is 13.9. The van der Waals surface area contributed by atoms with Crippen LogP contribution in [0.15, 0.2) is 90.1 Å². The minimum atomic E-state index is -4.63. The van der Waals surface area contributed by atoms with E-state index in [0.717, 1.165) is 22.8 Å². The highest BCUT2D eigenvalue weighted by molar-refractivity contribution is 5.96. The Kier molecular flexibility index (Phi) is 7.29. The number of hydrogen-bond donors (Lipinski definition) is 0. The van der Waals surface area contributed by atoms with E-state index in [-0.39, 0.29) is 36.6 Å². The number of nitrogens with zero attached hydrogens (tertiary/aromatic N) is 1. The molecule has 0 aliphatic carbocycles. The van der Waals surface area contributed by atoms with Gasteiger partial charge >= 0.3 is 12.1 Å². The fourth-order valence-electron chi connectivity index (χ4n) is 4.47. The van der Waals surface area contributed by atoms with Crippen molar-refractivity contribution in [1.29, 1.82) is 0 Å². The zero-order valence-corrected chi connectivity index (χ0v) is 20.0. The van der Waals surface area contributed by atoms with Gasteiger partial charge in [-0.2, -0.15) is 13.2 Å². The Labute approximate surface area is 208 Å². The van der Waals surface area contributed by atoms with Crippen LogP contribution < -0.4 is 0 Å². The molecule has 4 rings (SSSR count). The molecule has 0 N–H and O–H groups in total. The lowest BCUT2D eigenvalue weighted by molar-refractivity contribution is -0.143. The van der Waals surface area contributed by atoms with Crippen LogP contribution >= 0.6 is 0 Å². The second-order valence-electron chi connectivity index (χ2n) is 8.87. The maximum absolute atomic E-state index is 13.9. The van der Waals surface area contributed by atoms with Crippen LogP contribution in [0.3, 0.4) is 0 Å². The van der Waals surface area contributed by atoms with Crippen molar-refractivity contribution < 1.29 is 27.5 Å². The van der Waals surface area contributed by atoms with Crippen LogP contribution in [0.1, 0.15) is 47.1 Å². The van der Waals surface area contributed by atoms with Crippen LogP contribution in [0.4, 0.5) is 13.2 Å². The summed E-state index contributed by atoms with van der Waals surface area (Å²) in [4.78, 5) is 28.1. The molecule has 1 aliphatic heterocycles. The number of alkyl halides is 3. The Bertz CT molecular complexity index is 1280. The highest BCUT2D eigenvalue weighted by Crippen LogP contribution is 2.43. The molecule has 0 fully saturated rings. The summed E-state index contributed by atoms with van der Waals surface area (Å²) in [5.41, 5.74) is 2.04. The van der Waals surface area contributed by atoms with Crippen molar-refractivity contribution in [2.75, 3.05) is 0 Å². The van der Waals surface area contributed by atoms with Gasteiger partial charge in [0.2, 0.25) is 5.91 Å². The normalized spacial score (nSPS) is 16.3. The molecule has 1 heterocycles. The molecule has 3 aromatic carbocycles. The Morgan fingerprint density at radius 1 is 0.917 bits per heavy atom. The second kappa shape index (κ2) is 10.4. The molecule has 0 spiro atoms. The standard InChI is InChI=1S/C29H26F3NO3/c1-19-12-14-21(15-13-19)17-33-20(2)27(28(35)36-18-22-8-4-3-5-9-22)24(16-26(33)34)23-10-6-7-11-25(23)29(30,31)32/h3-15,24H,16-18H2,1-2H3. The number of amides is 1. The van der Waals surface area contributed by atoms with E-state index < -0.39 is 23.6 Å². The van der Waals surface area contributed by atoms with Crippen molar-refractivity contribution in [1.82, 2.24) is 4.90 Å². The molecule has 0 radical (unpaired) electrons. The Balaban J connectivity index is 1.75. The summed E-state index contributed by atoms with van der Waals surface area (Å²) in [5.74, 6) is -2.16. The quantitative estimate of drug-likeness (QED) is 0.366. The molecular weight excluding hydrogens is 467 g/mol. The van der Waals surface area contributed by atoms with Gasteiger partial charge in [0.15, 0.2) is 0 Å². The fourth-order valence-corrected chi connectivity index (χ4v) is 4.47. The number of allylic oxidation sites excluding steroid dienone is 1. The average Bonchev–Trinajstić information content (AvgIpc) is 2.86. The summed E-state index contributed by atoms with van der Waals surface area (Å²) < 4.78 is 47.1. The van der Waals surface area contributed by atoms with Gasteiger partial charge in [0, 0.05) is 18.0 Å². The number of hydrogen-bond acceptors (Lipinski definition) is 3. The molecule has 1 amide bonds. The molecule has 3 aromatic rings. The number of carbonyl (C=O) groups is 2. The molecule has 4 nitrogen and oxygen atoms in total. The average molecular weight is 494 g/mol. The number of esters is 1. The van der Waals surface area contributed by atoms with E-state index in [4.69, 9.17) is 4.74 Å². The van der Waals surface area contributed by atoms with Gasteiger partial charge < -0.3 is 9.64 Å².